The number of aryl methyl sites for hydroxylation is 1. The van der Waals surface area contributed by atoms with Gasteiger partial charge in [0.25, 0.3) is 11.8 Å². The molecule has 0 saturated heterocycles. The van der Waals surface area contributed by atoms with E-state index in [4.69, 9.17) is 15.2 Å². The first-order valence-electron chi connectivity index (χ1n) is 6.97. The van der Waals surface area contributed by atoms with Gasteiger partial charge < -0.3 is 20.5 Å². The maximum atomic E-state index is 11.9. The Balaban J connectivity index is 1.98. The van der Waals surface area contributed by atoms with Crippen molar-refractivity contribution in [2.75, 3.05) is 19.0 Å². The van der Waals surface area contributed by atoms with Gasteiger partial charge >= 0.3 is 0 Å². The molecule has 0 aliphatic carbocycles. The Morgan fingerprint density at radius 3 is 2.43 bits per heavy atom. The highest BCUT2D eigenvalue weighted by Gasteiger charge is 2.11. The van der Waals surface area contributed by atoms with E-state index in [1.165, 1.54) is 0 Å². The van der Waals surface area contributed by atoms with Crippen LogP contribution in [0.2, 0.25) is 0 Å². The number of benzene rings is 2. The molecule has 2 rings (SSSR count). The van der Waals surface area contributed by atoms with Crippen molar-refractivity contribution in [3.63, 3.8) is 0 Å². The standard InChI is InChI=1S/C17H18N2O4/c1-11-3-8-14(17(18)21)15(9-11)23-10-16(20)19-12-4-6-13(22-2)7-5-12/h3-9H,10H2,1-2H3,(H2,18,21)(H,19,20). The van der Waals surface area contributed by atoms with Crippen LogP contribution in [0, 0.1) is 6.92 Å². The molecule has 2 aromatic rings. The molecule has 0 bridgehead atoms. The van der Waals surface area contributed by atoms with Gasteiger partial charge in [-0.3, -0.25) is 9.59 Å². The van der Waals surface area contributed by atoms with Crippen molar-refractivity contribution in [1.29, 1.82) is 0 Å². The Hall–Kier alpha value is -3.02. The predicted molar refractivity (Wildman–Crippen MR) is 86.8 cm³/mol. The number of rotatable bonds is 6. The number of anilines is 1. The van der Waals surface area contributed by atoms with Crippen molar-refractivity contribution < 1.29 is 19.1 Å². The second-order valence-electron chi connectivity index (χ2n) is 4.93. The highest BCUT2D eigenvalue weighted by atomic mass is 16.5. The molecule has 0 aliphatic heterocycles. The molecule has 0 heterocycles. The van der Waals surface area contributed by atoms with Crippen molar-refractivity contribution in [1.82, 2.24) is 0 Å². The van der Waals surface area contributed by atoms with Crippen molar-refractivity contribution in [2.45, 2.75) is 6.92 Å². The molecule has 0 spiro atoms. The number of nitrogens with two attached hydrogens (primary N) is 1. The van der Waals surface area contributed by atoms with E-state index in [1.807, 2.05) is 6.92 Å². The summed E-state index contributed by atoms with van der Waals surface area (Å²) in [5.74, 6) is 0.0511. The van der Waals surface area contributed by atoms with Crippen LogP contribution >= 0.6 is 0 Å². The van der Waals surface area contributed by atoms with Crippen LogP contribution in [0.5, 0.6) is 11.5 Å². The zero-order chi connectivity index (χ0) is 16.8. The average Bonchev–Trinajstić information content (AvgIpc) is 2.53. The Kier molecular flexibility index (Phi) is 5.19. The van der Waals surface area contributed by atoms with Gasteiger partial charge in [0.05, 0.1) is 12.7 Å². The quantitative estimate of drug-likeness (QED) is 0.854. The minimum absolute atomic E-state index is 0.226. The molecule has 120 valence electrons. The third kappa shape index (κ3) is 4.47. The number of carbonyl (C=O) groups excluding carboxylic acids is 2. The number of ether oxygens (including phenoxy) is 2. The average molecular weight is 314 g/mol. The first-order valence-corrected chi connectivity index (χ1v) is 6.97. The molecule has 23 heavy (non-hydrogen) atoms. The number of amides is 2. The molecule has 2 aromatic carbocycles. The Bertz CT molecular complexity index is 711. The Labute approximate surface area is 134 Å². The summed E-state index contributed by atoms with van der Waals surface area (Å²) in [6.45, 7) is 1.63. The first-order chi connectivity index (χ1) is 11.0. The van der Waals surface area contributed by atoms with Crippen LogP contribution < -0.4 is 20.5 Å². The molecule has 3 N–H and O–H groups in total. The van der Waals surface area contributed by atoms with E-state index in [-0.39, 0.29) is 18.1 Å². The number of methoxy groups -OCH3 is 1. The minimum Gasteiger partial charge on any atom is -0.497 e. The topological polar surface area (TPSA) is 90.7 Å². The van der Waals surface area contributed by atoms with Gasteiger partial charge in [-0.1, -0.05) is 6.07 Å². The molecule has 6 nitrogen and oxygen atoms in total. The lowest BCUT2D eigenvalue weighted by atomic mass is 10.1. The van der Waals surface area contributed by atoms with E-state index < -0.39 is 5.91 Å². The number of hydrogen-bond donors (Lipinski definition) is 2. The Morgan fingerprint density at radius 1 is 1.13 bits per heavy atom. The highest BCUT2D eigenvalue weighted by molar-refractivity contribution is 5.96. The summed E-state index contributed by atoms with van der Waals surface area (Å²) in [5.41, 5.74) is 7.06. The molecule has 0 unspecified atom stereocenters. The van der Waals surface area contributed by atoms with Gasteiger partial charge in [-0.2, -0.15) is 0 Å². The van der Waals surface area contributed by atoms with Crippen LogP contribution in [-0.2, 0) is 4.79 Å². The number of nitrogens with one attached hydrogen (secondary N) is 1. The minimum atomic E-state index is -0.601. The fourth-order valence-corrected chi connectivity index (χ4v) is 1.97. The predicted octanol–water partition coefficient (Wildman–Crippen LogP) is 2.12. The molecular formula is C17H18N2O4. The third-order valence-corrected chi connectivity index (χ3v) is 3.14. The van der Waals surface area contributed by atoms with Crippen LogP contribution in [0.4, 0.5) is 5.69 Å². The van der Waals surface area contributed by atoms with Gasteiger partial charge in [-0.25, -0.2) is 0 Å². The van der Waals surface area contributed by atoms with Gasteiger partial charge in [0.1, 0.15) is 11.5 Å². The van der Waals surface area contributed by atoms with Crippen LogP contribution in [0.15, 0.2) is 42.5 Å². The maximum Gasteiger partial charge on any atom is 0.262 e. The van der Waals surface area contributed by atoms with E-state index in [9.17, 15) is 9.59 Å². The molecule has 0 aliphatic rings. The molecule has 6 heteroatoms. The van der Waals surface area contributed by atoms with Crippen LogP contribution in [0.1, 0.15) is 15.9 Å². The smallest absolute Gasteiger partial charge is 0.262 e. The molecule has 0 atom stereocenters. The van der Waals surface area contributed by atoms with Gasteiger partial charge in [0, 0.05) is 5.69 Å². The summed E-state index contributed by atoms with van der Waals surface area (Å²) >= 11 is 0. The number of carbonyl (C=O) groups is 2. The van der Waals surface area contributed by atoms with Gasteiger partial charge in [0.15, 0.2) is 6.61 Å². The van der Waals surface area contributed by atoms with E-state index in [0.717, 1.165) is 5.56 Å². The van der Waals surface area contributed by atoms with E-state index in [0.29, 0.717) is 17.2 Å². The fourth-order valence-electron chi connectivity index (χ4n) is 1.97. The van der Waals surface area contributed by atoms with E-state index in [1.54, 1.807) is 49.6 Å². The van der Waals surface area contributed by atoms with Crippen LogP contribution in [-0.4, -0.2) is 25.5 Å². The lowest BCUT2D eigenvalue weighted by Crippen LogP contribution is -2.21. The summed E-state index contributed by atoms with van der Waals surface area (Å²) in [6, 6.07) is 11.9. The summed E-state index contributed by atoms with van der Waals surface area (Å²) in [7, 11) is 1.57. The summed E-state index contributed by atoms with van der Waals surface area (Å²) < 4.78 is 10.5. The van der Waals surface area contributed by atoms with E-state index >= 15 is 0 Å². The molecule has 2 amide bonds. The Morgan fingerprint density at radius 2 is 1.83 bits per heavy atom. The highest BCUT2D eigenvalue weighted by Crippen LogP contribution is 2.20. The maximum absolute atomic E-state index is 11.9. The summed E-state index contributed by atoms with van der Waals surface area (Å²) in [5, 5.41) is 2.69. The lowest BCUT2D eigenvalue weighted by molar-refractivity contribution is -0.118. The van der Waals surface area contributed by atoms with Crippen molar-refractivity contribution in [2.24, 2.45) is 5.73 Å². The second kappa shape index (κ2) is 7.31. The van der Waals surface area contributed by atoms with Crippen LogP contribution in [0.25, 0.3) is 0 Å². The van der Waals surface area contributed by atoms with Crippen LogP contribution in [0.3, 0.4) is 0 Å². The van der Waals surface area contributed by atoms with Gasteiger partial charge in [-0.05, 0) is 48.9 Å². The summed E-state index contributed by atoms with van der Waals surface area (Å²) in [4.78, 5) is 23.3. The van der Waals surface area contributed by atoms with E-state index in [2.05, 4.69) is 5.32 Å². The molecule has 0 fully saturated rings. The number of primary amides is 1. The molecule has 0 saturated carbocycles. The summed E-state index contributed by atoms with van der Waals surface area (Å²) in [6.07, 6.45) is 0. The molecule has 0 aromatic heterocycles. The normalized spacial score (nSPS) is 10.0. The second-order valence-corrected chi connectivity index (χ2v) is 4.93. The fraction of sp³-hybridized carbons (Fsp3) is 0.176. The zero-order valence-corrected chi connectivity index (χ0v) is 13.0. The van der Waals surface area contributed by atoms with Gasteiger partial charge in [0.2, 0.25) is 0 Å². The molecule has 0 radical (unpaired) electrons. The SMILES string of the molecule is COc1ccc(NC(=O)COc2cc(C)ccc2C(N)=O)cc1. The molecular weight excluding hydrogens is 296 g/mol. The zero-order valence-electron chi connectivity index (χ0n) is 13.0. The van der Waals surface area contributed by atoms with Crippen molar-refractivity contribution >= 4 is 17.5 Å². The lowest BCUT2D eigenvalue weighted by Gasteiger charge is -2.11. The van der Waals surface area contributed by atoms with Crippen molar-refractivity contribution in [3.8, 4) is 11.5 Å². The monoisotopic (exact) mass is 314 g/mol. The largest absolute Gasteiger partial charge is 0.497 e. The third-order valence-electron chi connectivity index (χ3n) is 3.14. The number of hydrogen-bond acceptors (Lipinski definition) is 4. The first kappa shape index (κ1) is 16.4. The van der Waals surface area contributed by atoms with Crippen molar-refractivity contribution in [3.05, 3.63) is 53.6 Å². The van der Waals surface area contributed by atoms with Gasteiger partial charge in [-0.15, -0.1) is 0 Å².